The fourth-order valence-electron chi connectivity index (χ4n) is 4.30. The first-order chi connectivity index (χ1) is 14.9. The molecule has 164 valence electrons. The number of amides is 3. The summed E-state index contributed by atoms with van der Waals surface area (Å²) in [4.78, 5) is 29.5. The fourth-order valence-corrected chi connectivity index (χ4v) is 5.97. The summed E-state index contributed by atoms with van der Waals surface area (Å²) in [7, 11) is 0. The Bertz CT molecular complexity index is 956. The number of anilines is 1. The van der Waals surface area contributed by atoms with Crippen molar-refractivity contribution in [2.45, 2.75) is 37.5 Å². The third-order valence-corrected chi connectivity index (χ3v) is 8.07. The lowest BCUT2D eigenvalue weighted by Gasteiger charge is -2.44. The topological polar surface area (TPSA) is 52.7 Å². The molecule has 0 bridgehead atoms. The van der Waals surface area contributed by atoms with Crippen LogP contribution in [0.5, 0.6) is 0 Å². The molecule has 2 fully saturated rings. The van der Waals surface area contributed by atoms with Crippen LogP contribution in [0.4, 0.5) is 10.5 Å². The zero-order chi connectivity index (χ0) is 22.0. The molecule has 2 aromatic carbocycles. The summed E-state index contributed by atoms with van der Waals surface area (Å²) in [5, 5.41) is 3.49. The molecule has 0 aromatic heterocycles. The van der Waals surface area contributed by atoms with E-state index in [2.05, 4.69) is 31.3 Å². The van der Waals surface area contributed by atoms with Crippen molar-refractivity contribution < 1.29 is 9.59 Å². The number of urea groups is 1. The van der Waals surface area contributed by atoms with Crippen molar-refractivity contribution >= 4 is 41.0 Å². The standard InChI is InChI=1S/C24H28ClN3O2S/c1-17(2)18-7-9-19(10-8-18)26-23(30)27-13-11-24(12-14-27)28(15-16-31-24)22(29)20-5-3-4-6-21(20)25/h3-10,17H,11-16H2,1-2H3,(H,26,30). The zero-order valence-electron chi connectivity index (χ0n) is 17.9. The Kier molecular flexibility index (Phi) is 6.49. The summed E-state index contributed by atoms with van der Waals surface area (Å²) >= 11 is 8.11. The molecule has 0 unspecified atom stereocenters. The molecule has 0 atom stereocenters. The summed E-state index contributed by atoms with van der Waals surface area (Å²) in [5.41, 5.74) is 2.61. The fraction of sp³-hybridized carbons (Fsp3) is 0.417. The number of benzene rings is 2. The highest BCUT2D eigenvalue weighted by Gasteiger charge is 2.47. The van der Waals surface area contributed by atoms with Gasteiger partial charge in [0.05, 0.1) is 15.5 Å². The highest BCUT2D eigenvalue weighted by molar-refractivity contribution is 8.00. The van der Waals surface area contributed by atoms with Gasteiger partial charge < -0.3 is 15.1 Å². The van der Waals surface area contributed by atoms with Gasteiger partial charge in [0.25, 0.3) is 5.91 Å². The molecule has 0 radical (unpaired) electrons. The van der Waals surface area contributed by atoms with E-state index in [9.17, 15) is 9.59 Å². The van der Waals surface area contributed by atoms with Crippen LogP contribution in [0.1, 0.15) is 48.5 Å². The van der Waals surface area contributed by atoms with E-state index >= 15 is 0 Å². The predicted molar refractivity (Wildman–Crippen MR) is 128 cm³/mol. The highest BCUT2D eigenvalue weighted by atomic mass is 35.5. The average Bonchev–Trinajstić information content (AvgIpc) is 3.17. The Balaban J connectivity index is 1.39. The van der Waals surface area contributed by atoms with Crippen molar-refractivity contribution in [1.82, 2.24) is 9.80 Å². The molecule has 2 aliphatic rings. The van der Waals surface area contributed by atoms with Gasteiger partial charge in [-0.1, -0.05) is 49.7 Å². The number of nitrogens with one attached hydrogen (secondary N) is 1. The number of hydrogen-bond acceptors (Lipinski definition) is 3. The number of likely N-dealkylation sites (tertiary alicyclic amines) is 1. The zero-order valence-corrected chi connectivity index (χ0v) is 19.5. The van der Waals surface area contributed by atoms with Gasteiger partial charge in [0.2, 0.25) is 0 Å². The third kappa shape index (κ3) is 4.55. The summed E-state index contributed by atoms with van der Waals surface area (Å²) in [6.07, 6.45) is 1.52. The molecule has 1 spiro atoms. The van der Waals surface area contributed by atoms with E-state index in [4.69, 9.17) is 11.6 Å². The largest absolute Gasteiger partial charge is 0.324 e. The normalized spacial score (nSPS) is 17.9. The molecule has 2 aliphatic heterocycles. The summed E-state index contributed by atoms with van der Waals surface area (Å²) < 4.78 is 0. The smallest absolute Gasteiger partial charge is 0.321 e. The number of rotatable bonds is 3. The predicted octanol–water partition coefficient (Wildman–Crippen LogP) is 5.68. The van der Waals surface area contributed by atoms with Crippen LogP contribution in [0.2, 0.25) is 5.02 Å². The molecule has 2 saturated heterocycles. The van der Waals surface area contributed by atoms with Crippen molar-refractivity contribution in [2.24, 2.45) is 0 Å². The lowest BCUT2D eigenvalue weighted by molar-refractivity contribution is 0.0586. The monoisotopic (exact) mass is 457 g/mol. The number of nitrogens with zero attached hydrogens (tertiary/aromatic N) is 2. The number of hydrogen-bond donors (Lipinski definition) is 1. The number of carbonyl (C=O) groups is 2. The minimum Gasteiger partial charge on any atom is -0.324 e. The van der Waals surface area contributed by atoms with Crippen molar-refractivity contribution in [3.63, 3.8) is 0 Å². The minimum absolute atomic E-state index is 0.0151. The van der Waals surface area contributed by atoms with Crippen molar-refractivity contribution in [3.05, 3.63) is 64.7 Å². The number of piperidine rings is 1. The van der Waals surface area contributed by atoms with Gasteiger partial charge in [-0.15, -0.1) is 11.8 Å². The molecule has 2 heterocycles. The second-order valence-corrected chi connectivity index (χ2v) is 10.3. The third-order valence-electron chi connectivity index (χ3n) is 6.19. The minimum atomic E-state index is -0.258. The Morgan fingerprint density at radius 2 is 1.71 bits per heavy atom. The highest BCUT2D eigenvalue weighted by Crippen LogP contribution is 2.45. The van der Waals surface area contributed by atoms with Crippen LogP contribution in [0.25, 0.3) is 0 Å². The van der Waals surface area contributed by atoms with E-state index in [1.54, 1.807) is 12.1 Å². The first kappa shape index (κ1) is 22.0. The van der Waals surface area contributed by atoms with Crippen molar-refractivity contribution in [3.8, 4) is 0 Å². The lowest BCUT2D eigenvalue weighted by Crippen LogP contribution is -2.54. The number of carbonyl (C=O) groups excluding carboxylic acids is 2. The summed E-state index contributed by atoms with van der Waals surface area (Å²) in [6.45, 7) is 6.25. The molecule has 0 aliphatic carbocycles. The van der Waals surface area contributed by atoms with E-state index < -0.39 is 0 Å². The van der Waals surface area contributed by atoms with E-state index in [-0.39, 0.29) is 16.8 Å². The SMILES string of the molecule is CC(C)c1ccc(NC(=O)N2CCC3(CC2)SCCN3C(=O)c2ccccc2Cl)cc1. The Morgan fingerprint density at radius 3 is 2.35 bits per heavy atom. The van der Waals surface area contributed by atoms with Gasteiger partial charge in [-0.05, 0) is 48.6 Å². The Morgan fingerprint density at radius 1 is 1.03 bits per heavy atom. The molecule has 0 saturated carbocycles. The number of thioether (sulfide) groups is 1. The quantitative estimate of drug-likeness (QED) is 0.645. The molecule has 31 heavy (non-hydrogen) atoms. The van der Waals surface area contributed by atoms with Crippen LogP contribution in [-0.4, -0.2) is 52.0 Å². The molecule has 5 nitrogen and oxygen atoms in total. The van der Waals surface area contributed by atoms with Crippen LogP contribution >= 0.6 is 23.4 Å². The molecule has 4 rings (SSSR count). The van der Waals surface area contributed by atoms with Crippen molar-refractivity contribution in [1.29, 1.82) is 0 Å². The maximum Gasteiger partial charge on any atom is 0.321 e. The van der Waals surface area contributed by atoms with Gasteiger partial charge in [0, 0.05) is 31.1 Å². The molecule has 1 N–H and O–H groups in total. The maximum atomic E-state index is 13.2. The van der Waals surface area contributed by atoms with Gasteiger partial charge in [-0.25, -0.2) is 4.79 Å². The van der Waals surface area contributed by atoms with E-state index in [1.165, 1.54) is 5.56 Å². The van der Waals surface area contributed by atoms with Gasteiger partial charge in [0.15, 0.2) is 0 Å². The maximum absolute atomic E-state index is 13.2. The Labute approximate surface area is 193 Å². The first-order valence-electron chi connectivity index (χ1n) is 10.8. The Hall–Kier alpha value is -2.18. The summed E-state index contributed by atoms with van der Waals surface area (Å²) in [6, 6.07) is 15.2. The van der Waals surface area contributed by atoms with E-state index in [0.717, 1.165) is 24.3 Å². The van der Waals surface area contributed by atoms with E-state index in [0.29, 0.717) is 36.1 Å². The van der Waals surface area contributed by atoms with Gasteiger partial charge in [-0.3, -0.25) is 4.79 Å². The second-order valence-electron chi connectivity index (χ2n) is 8.43. The average molecular weight is 458 g/mol. The molecular weight excluding hydrogens is 430 g/mol. The van der Waals surface area contributed by atoms with Crippen LogP contribution in [-0.2, 0) is 0 Å². The van der Waals surface area contributed by atoms with Crippen molar-refractivity contribution in [2.75, 3.05) is 30.7 Å². The summed E-state index contributed by atoms with van der Waals surface area (Å²) in [5.74, 6) is 1.35. The molecule has 7 heteroatoms. The van der Waals surface area contributed by atoms with Gasteiger partial charge in [0.1, 0.15) is 0 Å². The van der Waals surface area contributed by atoms with Crippen LogP contribution in [0.3, 0.4) is 0 Å². The van der Waals surface area contributed by atoms with Gasteiger partial charge in [-0.2, -0.15) is 0 Å². The molecule has 3 amide bonds. The van der Waals surface area contributed by atoms with Crippen LogP contribution < -0.4 is 5.32 Å². The van der Waals surface area contributed by atoms with Gasteiger partial charge >= 0.3 is 6.03 Å². The molecular formula is C24H28ClN3O2S. The first-order valence-corrected chi connectivity index (χ1v) is 12.1. The lowest BCUT2D eigenvalue weighted by atomic mass is 10.0. The second kappa shape index (κ2) is 9.13. The molecule has 2 aromatic rings. The van der Waals surface area contributed by atoms with Crippen LogP contribution in [0.15, 0.2) is 48.5 Å². The van der Waals surface area contributed by atoms with Crippen LogP contribution in [0, 0.1) is 0 Å². The number of halogens is 1. The van der Waals surface area contributed by atoms with E-state index in [1.807, 2.05) is 45.8 Å².